The van der Waals surface area contributed by atoms with E-state index in [9.17, 15) is 10.1 Å². The highest BCUT2D eigenvalue weighted by molar-refractivity contribution is 6.35. The van der Waals surface area contributed by atoms with Crippen LogP contribution in [0.3, 0.4) is 0 Å². The summed E-state index contributed by atoms with van der Waals surface area (Å²) in [7, 11) is 0. The zero-order valence-corrected chi connectivity index (χ0v) is 24.3. The molecule has 208 valence electrons. The largest absolute Gasteiger partial charge is 0.490 e. The first kappa shape index (κ1) is 29.8. The van der Waals surface area contributed by atoms with Gasteiger partial charge in [-0.3, -0.25) is 4.79 Å². The number of carbonyl (C=O) groups excluding carboxylic acids is 1. The Morgan fingerprint density at radius 3 is 2.34 bits per heavy atom. The molecule has 0 radical (unpaired) electrons. The van der Waals surface area contributed by atoms with Crippen LogP contribution in [-0.2, 0) is 18.0 Å². The molecule has 4 rings (SSSR count). The average molecular weight is 608 g/mol. The van der Waals surface area contributed by atoms with Crippen molar-refractivity contribution in [1.29, 1.82) is 5.26 Å². The maximum Gasteiger partial charge on any atom is 0.266 e. The molecule has 6 nitrogen and oxygen atoms in total. The minimum atomic E-state index is -0.548. The number of nitrogens with one attached hydrogen (secondary N) is 1. The number of carbonyl (C=O) groups is 1. The van der Waals surface area contributed by atoms with E-state index in [0.717, 1.165) is 11.1 Å². The number of hydrogen-bond acceptors (Lipinski definition) is 5. The molecule has 9 heteroatoms. The fourth-order valence-electron chi connectivity index (χ4n) is 3.74. The topological polar surface area (TPSA) is 80.6 Å². The first-order valence-electron chi connectivity index (χ1n) is 12.6. The number of rotatable bonds is 11. The molecule has 0 spiro atoms. The van der Waals surface area contributed by atoms with Crippen LogP contribution in [0.5, 0.6) is 17.2 Å². The quantitative estimate of drug-likeness (QED) is 0.136. The van der Waals surface area contributed by atoms with Crippen LogP contribution in [0, 0.1) is 11.3 Å². The van der Waals surface area contributed by atoms with Gasteiger partial charge in [0.1, 0.15) is 30.6 Å². The highest BCUT2D eigenvalue weighted by Crippen LogP contribution is 2.31. The van der Waals surface area contributed by atoms with Crippen molar-refractivity contribution in [1.82, 2.24) is 0 Å². The summed E-state index contributed by atoms with van der Waals surface area (Å²) >= 11 is 18.2. The first-order chi connectivity index (χ1) is 19.8. The third kappa shape index (κ3) is 8.67. The van der Waals surface area contributed by atoms with E-state index in [4.69, 9.17) is 49.0 Å². The number of benzene rings is 4. The number of nitrogens with zero attached hydrogens (tertiary/aromatic N) is 1. The van der Waals surface area contributed by atoms with Crippen LogP contribution in [0.1, 0.15) is 23.6 Å². The fourth-order valence-corrected chi connectivity index (χ4v) is 4.41. The molecule has 1 amide bonds. The molecule has 41 heavy (non-hydrogen) atoms. The first-order valence-corrected chi connectivity index (χ1v) is 13.7. The van der Waals surface area contributed by atoms with Gasteiger partial charge < -0.3 is 19.5 Å². The van der Waals surface area contributed by atoms with Gasteiger partial charge in [-0.2, -0.15) is 5.26 Å². The molecule has 0 unspecified atom stereocenters. The van der Waals surface area contributed by atoms with E-state index in [1.165, 1.54) is 6.08 Å². The van der Waals surface area contributed by atoms with Crippen molar-refractivity contribution < 1.29 is 19.0 Å². The van der Waals surface area contributed by atoms with Gasteiger partial charge in [0.15, 0.2) is 11.5 Å². The van der Waals surface area contributed by atoms with Gasteiger partial charge in [0.25, 0.3) is 5.91 Å². The van der Waals surface area contributed by atoms with Crippen LogP contribution in [0.15, 0.2) is 90.5 Å². The van der Waals surface area contributed by atoms with Gasteiger partial charge in [-0.1, -0.05) is 59.1 Å². The van der Waals surface area contributed by atoms with Gasteiger partial charge in [-0.05, 0) is 84.8 Å². The smallest absolute Gasteiger partial charge is 0.266 e. The minimum absolute atomic E-state index is 0.0715. The summed E-state index contributed by atoms with van der Waals surface area (Å²) in [5.41, 5.74) is 2.76. The summed E-state index contributed by atoms with van der Waals surface area (Å²) in [5.74, 6) is 1.07. The second-order valence-corrected chi connectivity index (χ2v) is 10.0. The monoisotopic (exact) mass is 606 g/mol. The molecule has 0 saturated heterocycles. The Kier molecular flexibility index (Phi) is 10.5. The molecular weight excluding hydrogens is 583 g/mol. The lowest BCUT2D eigenvalue weighted by atomic mass is 10.1. The number of amides is 1. The predicted molar refractivity (Wildman–Crippen MR) is 163 cm³/mol. The molecule has 0 aliphatic rings. The van der Waals surface area contributed by atoms with Gasteiger partial charge in [0.05, 0.1) is 6.61 Å². The summed E-state index contributed by atoms with van der Waals surface area (Å²) in [5, 5.41) is 14.1. The molecule has 0 aromatic heterocycles. The maximum absolute atomic E-state index is 12.8. The number of anilines is 1. The number of ether oxygens (including phenoxy) is 3. The van der Waals surface area contributed by atoms with Gasteiger partial charge in [-0.25, -0.2) is 0 Å². The van der Waals surface area contributed by atoms with Crippen LogP contribution >= 0.6 is 34.8 Å². The molecular formula is C32H25Cl3N2O4. The molecule has 0 saturated carbocycles. The Hall–Kier alpha value is -4.15. The Labute approximate surface area is 253 Å². The Morgan fingerprint density at radius 2 is 1.63 bits per heavy atom. The van der Waals surface area contributed by atoms with Gasteiger partial charge in [0, 0.05) is 26.3 Å². The summed E-state index contributed by atoms with van der Waals surface area (Å²) < 4.78 is 17.5. The minimum Gasteiger partial charge on any atom is -0.490 e. The van der Waals surface area contributed by atoms with Crippen LogP contribution < -0.4 is 19.5 Å². The molecule has 1 N–H and O–H groups in total. The standard InChI is InChI=1S/C32H25Cl3N2O4/c1-2-39-31-16-21(6-13-30(31)41-19-22-4-3-5-25(33)15-22)14-24(18-36)32(38)37-27-9-11-28(12-10-27)40-20-23-7-8-26(34)17-29(23)35/h3-17H,2,19-20H2,1H3,(H,37,38)/b24-14+. The SMILES string of the molecule is CCOc1cc(/C=C(\C#N)C(=O)Nc2ccc(OCc3ccc(Cl)cc3Cl)cc2)ccc1OCc1cccc(Cl)c1. The number of hydrogen-bond donors (Lipinski definition) is 1. The van der Waals surface area contributed by atoms with Crippen LogP contribution in [0.25, 0.3) is 6.08 Å². The van der Waals surface area contributed by atoms with E-state index in [0.29, 0.717) is 56.8 Å². The molecule has 0 aliphatic carbocycles. The molecule has 0 atom stereocenters. The van der Waals surface area contributed by atoms with Crippen molar-refractivity contribution in [3.63, 3.8) is 0 Å². The van der Waals surface area contributed by atoms with Crippen molar-refractivity contribution >= 4 is 52.5 Å². The molecule has 4 aromatic rings. The fraction of sp³-hybridized carbons (Fsp3) is 0.125. The predicted octanol–water partition coefficient (Wildman–Crippen LogP) is 8.75. The molecule has 0 aliphatic heterocycles. The average Bonchev–Trinajstić information content (AvgIpc) is 2.96. The normalized spacial score (nSPS) is 11.0. The number of halogens is 3. The van der Waals surface area contributed by atoms with E-state index >= 15 is 0 Å². The van der Waals surface area contributed by atoms with Gasteiger partial charge in [0.2, 0.25) is 0 Å². The van der Waals surface area contributed by atoms with Crippen molar-refractivity contribution in [2.24, 2.45) is 0 Å². The van der Waals surface area contributed by atoms with Crippen molar-refractivity contribution in [2.75, 3.05) is 11.9 Å². The molecule has 4 aromatic carbocycles. The van der Waals surface area contributed by atoms with Crippen LogP contribution in [0.2, 0.25) is 15.1 Å². The van der Waals surface area contributed by atoms with Gasteiger partial charge >= 0.3 is 0 Å². The summed E-state index contributed by atoms with van der Waals surface area (Å²) in [6, 6.07) is 26.6. The third-order valence-corrected chi connectivity index (χ3v) is 6.57. The summed E-state index contributed by atoms with van der Waals surface area (Å²) in [6.45, 7) is 2.84. The lowest BCUT2D eigenvalue weighted by Gasteiger charge is -2.13. The van der Waals surface area contributed by atoms with Crippen molar-refractivity contribution in [3.8, 4) is 23.3 Å². The Bertz CT molecular complexity index is 1600. The number of nitriles is 1. The molecule has 0 bridgehead atoms. The van der Waals surface area contributed by atoms with E-state index in [2.05, 4.69) is 5.32 Å². The molecule has 0 heterocycles. The third-order valence-electron chi connectivity index (χ3n) is 5.75. The summed E-state index contributed by atoms with van der Waals surface area (Å²) in [4.78, 5) is 12.8. The molecule has 0 fully saturated rings. The van der Waals surface area contributed by atoms with E-state index < -0.39 is 5.91 Å². The lowest BCUT2D eigenvalue weighted by Crippen LogP contribution is -2.13. The maximum atomic E-state index is 12.8. The zero-order chi connectivity index (χ0) is 29.2. The van der Waals surface area contributed by atoms with Crippen LogP contribution in [0.4, 0.5) is 5.69 Å². The lowest BCUT2D eigenvalue weighted by molar-refractivity contribution is -0.112. The zero-order valence-electron chi connectivity index (χ0n) is 22.0. The van der Waals surface area contributed by atoms with E-state index in [1.54, 1.807) is 66.7 Å². The highest BCUT2D eigenvalue weighted by Gasteiger charge is 2.12. The van der Waals surface area contributed by atoms with Crippen molar-refractivity contribution in [2.45, 2.75) is 20.1 Å². The van der Waals surface area contributed by atoms with Crippen molar-refractivity contribution in [3.05, 3.63) is 122 Å². The highest BCUT2D eigenvalue weighted by atomic mass is 35.5. The summed E-state index contributed by atoms with van der Waals surface area (Å²) in [6.07, 6.45) is 1.49. The van der Waals surface area contributed by atoms with Crippen LogP contribution in [-0.4, -0.2) is 12.5 Å². The second-order valence-electron chi connectivity index (χ2n) is 8.73. The Morgan fingerprint density at radius 1 is 0.854 bits per heavy atom. The second kappa shape index (κ2) is 14.5. The Balaban J connectivity index is 1.40. The van der Waals surface area contributed by atoms with E-state index in [-0.39, 0.29) is 12.2 Å². The van der Waals surface area contributed by atoms with Gasteiger partial charge in [-0.15, -0.1) is 0 Å². The van der Waals surface area contributed by atoms with E-state index in [1.807, 2.05) is 31.2 Å².